The van der Waals surface area contributed by atoms with Crippen LogP contribution >= 0.6 is 11.3 Å². The van der Waals surface area contributed by atoms with Gasteiger partial charge in [0.15, 0.2) is 0 Å². The first-order valence-electron chi connectivity index (χ1n) is 4.13. The van der Waals surface area contributed by atoms with Gasteiger partial charge in [-0.2, -0.15) is 0 Å². The number of nitrogens with zero attached hydrogens (tertiary/aromatic N) is 1. The van der Waals surface area contributed by atoms with Crippen molar-refractivity contribution in [3.05, 3.63) is 16.6 Å². The minimum Gasteiger partial charge on any atom is -0.330 e. The van der Waals surface area contributed by atoms with E-state index in [-0.39, 0.29) is 0 Å². The summed E-state index contributed by atoms with van der Waals surface area (Å²) in [6.07, 6.45) is 1.02. The van der Waals surface area contributed by atoms with Gasteiger partial charge in [-0.25, -0.2) is 4.98 Å². The van der Waals surface area contributed by atoms with E-state index < -0.39 is 0 Å². The van der Waals surface area contributed by atoms with Gasteiger partial charge in [0.25, 0.3) is 0 Å². The van der Waals surface area contributed by atoms with Gasteiger partial charge in [-0.3, -0.25) is 0 Å². The SMILES string of the molecule is CC(CCN)NCc1cscn1. The predicted octanol–water partition coefficient (Wildman–Crippen LogP) is 0.970. The summed E-state index contributed by atoms with van der Waals surface area (Å²) in [5, 5.41) is 5.41. The fourth-order valence-corrected chi connectivity index (χ4v) is 1.51. The lowest BCUT2D eigenvalue weighted by Crippen LogP contribution is -2.27. The van der Waals surface area contributed by atoms with Crippen LogP contribution < -0.4 is 11.1 Å². The van der Waals surface area contributed by atoms with Crippen molar-refractivity contribution >= 4 is 11.3 Å². The summed E-state index contributed by atoms with van der Waals surface area (Å²) >= 11 is 1.63. The number of hydrogen-bond donors (Lipinski definition) is 2. The van der Waals surface area contributed by atoms with Crippen LogP contribution in [0.15, 0.2) is 10.9 Å². The first-order chi connectivity index (χ1) is 5.83. The predicted molar refractivity (Wildman–Crippen MR) is 52.1 cm³/mol. The van der Waals surface area contributed by atoms with Crippen LogP contribution in [0.25, 0.3) is 0 Å². The monoisotopic (exact) mass is 185 g/mol. The molecule has 68 valence electrons. The molecule has 1 aromatic rings. The van der Waals surface area contributed by atoms with Crippen LogP contribution in [0.1, 0.15) is 19.0 Å². The van der Waals surface area contributed by atoms with E-state index in [1.165, 1.54) is 0 Å². The van der Waals surface area contributed by atoms with E-state index in [0.29, 0.717) is 6.04 Å². The number of hydrogen-bond acceptors (Lipinski definition) is 4. The van der Waals surface area contributed by atoms with Crippen LogP contribution in [0.2, 0.25) is 0 Å². The topological polar surface area (TPSA) is 50.9 Å². The molecule has 1 aromatic heterocycles. The summed E-state index contributed by atoms with van der Waals surface area (Å²) in [6.45, 7) is 3.73. The van der Waals surface area contributed by atoms with Gasteiger partial charge in [0.1, 0.15) is 0 Å². The lowest BCUT2D eigenvalue weighted by atomic mass is 10.2. The van der Waals surface area contributed by atoms with E-state index in [0.717, 1.165) is 25.2 Å². The number of thiazole rings is 1. The molecule has 12 heavy (non-hydrogen) atoms. The molecular weight excluding hydrogens is 170 g/mol. The number of rotatable bonds is 5. The lowest BCUT2D eigenvalue weighted by molar-refractivity contribution is 0.516. The van der Waals surface area contributed by atoms with Crippen LogP contribution in [0.3, 0.4) is 0 Å². The highest BCUT2D eigenvalue weighted by atomic mass is 32.1. The smallest absolute Gasteiger partial charge is 0.0795 e. The second-order valence-electron chi connectivity index (χ2n) is 2.84. The van der Waals surface area contributed by atoms with Gasteiger partial charge in [0.05, 0.1) is 11.2 Å². The molecule has 0 saturated carbocycles. The molecule has 0 aromatic carbocycles. The Balaban J connectivity index is 2.17. The Hall–Kier alpha value is -0.450. The minimum atomic E-state index is 0.483. The highest BCUT2D eigenvalue weighted by Crippen LogP contribution is 2.00. The molecule has 3 nitrogen and oxygen atoms in total. The average Bonchev–Trinajstić information content (AvgIpc) is 2.53. The Morgan fingerprint density at radius 1 is 1.75 bits per heavy atom. The second-order valence-corrected chi connectivity index (χ2v) is 3.56. The van der Waals surface area contributed by atoms with Crippen molar-refractivity contribution in [2.45, 2.75) is 25.9 Å². The molecule has 0 aliphatic heterocycles. The molecule has 1 atom stereocenters. The normalized spacial score (nSPS) is 13.2. The van der Waals surface area contributed by atoms with Crippen molar-refractivity contribution in [1.29, 1.82) is 0 Å². The summed E-state index contributed by atoms with van der Waals surface area (Å²) in [6, 6.07) is 0.483. The Kier molecular flexibility index (Phi) is 4.21. The molecule has 0 bridgehead atoms. The minimum absolute atomic E-state index is 0.483. The Labute approximate surface area is 77.0 Å². The van der Waals surface area contributed by atoms with Crippen molar-refractivity contribution < 1.29 is 0 Å². The van der Waals surface area contributed by atoms with Crippen LogP contribution in [-0.4, -0.2) is 17.6 Å². The number of nitrogens with one attached hydrogen (secondary N) is 1. The maximum Gasteiger partial charge on any atom is 0.0795 e. The van der Waals surface area contributed by atoms with E-state index >= 15 is 0 Å². The van der Waals surface area contributed by atoms with Gasteiger partial charge >= 0.3 is 0 Å². The lowest BCUT2D eigenvalue weighted by Gasteiger charge is -2.10. The first-order valence-corrected chi connectivity index (χ1v) is 5.07. The van der Waals surface area contributed by atoms with Gasteiger partial charge in [-0.05, 0) is 19.9 Å². The highest BCUT2D eigenvalue weighted by molar-refractivity contribution is 7.07. The summed E-state index contributed by atoms with van der Waals surface area (Å²) in [7, 11) is 0. The van der Waals surface area contributed by atoms with Gasteiger partial charge in [-0.15, -0.1) is 11.3 Å². The first kappa shape index (κ1) is 9.64. The van der Waals surface area contributed by atoms with Crippen molar-refractivity contribution in [2.24, 2.45) is 5.73 Å². The molecule has 0 aliphatic carbocycles. The molecular formula is C8H15N3S. The molecule has 3 N–H and O–H groups in total. The molecule has 0 aliphatic rings. The Morgan fingerprint density at radius 3 is 3.17 bits per heavy atom. The van der Waals surface area contributed by atoms with Crippen molar-refractivity contribution in [3.63, 3.8) is 0 Å². The summed E-state index contributed by atoms with van der Waals surface area (Å²) < 4.78 is 0. The quantitative estimate of drug-likeness (QED) is 0.718. The van der Waals surface area contributed by atoms with E-state index in [4.69, 9.17) is 5.73 Å². The molecule has 0 spiro atoms. The zero-order valence-electron chi connectivity index (χ0n) is 7.29. The molecule has 1 unspecified atom stereocenters. The van der Waals surface area contributed by atoms with Gasteiger partial charge in [0, 0.05) is 18.0 Å². The maximum atomic E-state index is 5.42. The standard InChI is InChI=1S/C8H15N3S/c1-7(2-3-9)10-4-8-5-12-6-11-8/h5-7,10H,2-4,9H2,1H3. The second kappa shape index (κ2) is 5.24. The zero-order valence-corrected chi connectivity index (χ0v) is 8.10. The van der Waals surface area contributed by atoms with E-state index in [9.17, 15) is 0 Å². The third kappa shape index (κ3) is 3.30. The summed E-state index contributed by atoms with van der Waals surface area (Å²) in [5.74, 6) is 0. The summed E-state index contributed by atoms with van der Waals surface area (Å²) in [4.78, 5) is 4.17. The Morgan fingerprint density at radius 2 is 2.58 bits per heavy atom. The van der Waals surface area contributed by atoms with Crippen LogP contribution in [-0.2, 0) is 6.54 Å². The van der Waals surface area contributed by atoms with Crippen LogP contribution in [0.4, 0.5) is 0 Å². The maximum absolute atomic E-state index is 5.42. The number of aromatic nitrogens is 1. The molecule has 1 heterocycles. The fourth-order valence-electron chi connectivity index (χ4n) is 0.956. The zero-order chi connectivity index (χ0) is 8.81. The van der Waals surface area contributed by atoms with Crippen LogP contribution in [0.5, 0.6) is 0 Å². The molecule has 0 saturated heterocycles. The number of nitrogens with two attached hydrogens (primary N) is 1. The van der Waals surface area contributed by atoms with E-state index in [1.807, 2.05) is 5.51 Å². The molecule has 0 fully saturated rings. The fraction of sp³-hybridized carbons (Fsp3) is 0.625. The van der Waals surface area contributed by atoms with Gasteiger partial charge in [-0.1, -0.05) is 0 Å². The third-order valence-electron chi connectivity index (χ3n) is 1.71. The molecule has 1 rings (SSSR count). The van der Waals surface area contributed by atoms with Crippen molar-refractivity contribution in [3.8, 4) is 0 Å². The Bertz CT molecular complexity index is 198. The molecule has 0 amide bonds. The van der Waals surface area contributed by atoms with Gasteiger partial charge < -0.3 is 11.1 Å². The highest BCUT2D eigenvalue weighted by Gasteiger charge is 2.00. The van der Waals surface area contributed by atoms with Crippen molar-refractivity contribution in [1.82, 2.24) is 10.3 Å². The van der Waals surface area contributed by atoms with Gasteiger partial charge in [0.2, 0.25) is 0 Å². The molecule has 4 heteroatoms. The third-order valence-corrected chi connectivity index (χ3v) is 2.35. The van der Waals surface area contributed by atoms with E-state index in [1.54, 1.807) is 11.3 Å². The average molecular weight is 185 g/mol. The molecule has 0 radical (unpaired) electrons. The van der Waals surface area contributed by atoms with E-state index in [2.05, 4.69) is 22.6 Å². The summed E-state index contributed by atoms with van der Waals surface area (Å²) in [5.41, 5.74) is 8.39. The van der Waals surface area contributed by atoms with Crippen LogP contribution in [0, 0.1) is 0 Å². The van der Waals surface area contributed by atoms with Crippen molar-refractivity contribution in [2.75, 3.05) is 6.54 Å². The largest absolute Gasteiger partial charge is 0.330 e.